The molecule has 26 heavy (non-hydrogen) atoms. The molecule has 0 radical (unpaired) electrons. The molecule has 0 saturated carbocycles. The molecular formula is C21H22O5. The van der Waals surface area contributed by atoms with Crippen LogP contribution in [-0.2, 0) is 9.53 Å². The normalized spacial score (nSPS) is 13.3. The van der Waals surface area contributed by atoms with Gasteiger partial charge in [-0.1, -0.05) is 23.8 Å². The van der Waals surface area contributed by atoms with E-state index in [4.69, 9.17) is 18.9 Å². The molecule has 1 aliphatic rings. The molecule has 3 rings (SSSR count). The van der Waals surface area contributed by atoms with Gasteiger partial charge < -0.3 is 18.9 Å². The average Bonchev–Trinajstić information content (AvgIpc) is 2.90. The minimum absolute atomic E-state index is 0.193. The van der Waals surface area contributed by atoms with Crippen LogP contribution in [0.5, 0.6) is 17.2 Å². The van der Waals surface area contributed by atoms with Crippen molar-refractivity contribution in [2.75, 3.05) is 26.4 Å². The molecule has 5 heteroatoms. The van der Waals surface area contributed by atoms with E-state index in [-0.39, 0.29) is 6.61 Å². The summed E-state index contributed by atoms with van der Waals surface area (Å²) >= 11 is 0. The third-order valence-corrected chi connectivity index (χ3v) is 3.80. The maximum atomic E-state index is 11.8. The van der Waals surface area contributed by atoms with Crippen molar-refractivity contribution in [2.45, 2.75) is 13.3 Å². The lowest BCUT2D eigenvalue weighted by atomic mass is 10.2. The Morgan fingerprint density at radius 2 is 1.81 bits per heavy atom. The number of fused-ring (bicyclic) bond motifs is 1. The van der Waals surface area contributed by atoms with Crippen LogP contribution in [0.2, 0.25) is 0 Å². The van der Waals surface area contributed by atoms with Gasteiger partial charge in [-0.2, -0.15) is 0 Å². The number of hydrogen-bond donors (Lipinski definition) is 0. The summed E-state index contributed by atoms with van der Waals surface area (Å²) in [5, 5.41) is 0. The Balaban J connectivity index is 1.44. The van der Waals surface area contributed by atoms with Gasteiger partial charge in [0.15, 0.2) is 11.5 Å². The Hall–Kier alpha value is -2.95. The molecule has 1 heterocycles. The number of esters is 1. The van der Waals surface area contributed by atoms with Gasteiger partial charge in [-0.3, -0.25) is 0 Å². The zero-order valence-corrected chi connectivity index (χ0v) is 14.8. The first-order valence-electron chi connectivity index (χ1n) is 8.65. The lowest BCUT2D eigenvalue weighted by Gasteiger charge is -2.07. The van der Waals surface area contributed by atoms with E-state index in [0.717, 1.165) is 23.5 Å². The Labute approximate surface area is 153 Å². The van der Waals surface area contributed by atoms with E-state index in [1.54, 1.807) is 6.08 Å². The van der Waals surface area contributed by atoms with Gasteiger partial charge in [-0.15, -0.1) is 0 Å². The smallest absolute Gasteiger partial charge is 0.330 e. The average molecular weight is 354 g/mol. The second-order valence-corrected chi connectivity index (χ2v) is 5.92. The third kappa shape index (κ3) is 5.28. The SMILES string of the molecule is Cc1ccc(OCCOC(=O)/C=C/c2ccc3c(c2)OCCCO3)cc1. The summed E-state index contributed by atoms with van der Waals surface area (Å²) in [5.41, 5.74) is 2.02. The molecule has 0 unspecified atom stereocenters. The van der Waals surface area contributed by atoms with Crippen LogP contribution in [0, 0.1) is 6.92 Å². The van der Waals surface area contributed by atoms with Crippen LogP contribution in [0.4, 0.5) is 0 Å². The predicted octanol–water partition coefficient (Wildman–Crippen LogP) is 3.79. The fraction of sp³-hybridized carbons (Fsp3) is 0.286. The summed E-state index contributed by atoms with van der Waals surface area (Å²) < 4.78 is 21.9. The van der Waals surface area contributed by atoms with Crippen molar-refractivity contribution in [2.24, 2.45) is 0 Å². The first-order valence-corrected chi connectivity index (χ1v) is 8.65. The largest absolute Gasteiger partial charge is 0.490 e. The van der Waals surface area contributed by atoms with Crippen LogP contribution >= 0.6 is 0 Å². The van der Waals surface area contributed by atoms with Gasteiger partial charge >= 0.3 is 5.97 Å². The van der Waals surface area contributed by atoms with Gasteiger partial charge in [-0.25, -0.2) is 4.79 Å². The number of ether oxygens (including phenoxy) is 4. The lowest BCUT2D eigenvalue weighted by Crippen LogP contribution is -2.10. The standard InChI is InChI=1S/C21H22O5/c1-16-3-7-18(8-4-16)23-13-14-26-21(22)10-6-17-5-9-19-20(15-17)25-12-2-11-24-19/h3-10,15H,2,11-14H2,1H3/b10-6+. The van der Waals surface area contributed by atoms with Crippen molar-refractivity contribution in [1.29, 1.82) is 0 Å². The van der Waals surface area contributed by atoms with Gasteiger partial charge in [0.05, 0.1) is 13.2 Å². The predicted molar refractivity (Wildman–Crippen MR) is 98.7 cm³/mol. The highest BCUT2D eigenvalue weighted by Gasteiger charge is 2.09. The molecule has 0 N–H and O–H groups in total. The maximum Gasteiger partial charge on any atom is 0.330 e. The zero-order valence-electron chi connectivity index (χ0n) is 14.8. The Kier molecular flexibility index (Phi) is 6.14. The van der Waals surface area contributed by atoms with Crippen LogP contribution in [0.3, 0.4) is 0 Å². The highest BCUT2D eigenvalue weighted by atomic mass is 16.6. The third-order valence-electron chi connectivity index (χ3n) is 3.80. The number of aryl methyl sites for hydroxylation is 1. The quantitative estimate of drug-likeness (QED) is 0.449. The summed E-state index contributed by atoms with van der Waals surface area (Å²) in [5.74, 6) is 1.78. The second-order valence-electron chi connectivity index (χ2n) is 5.92. The Bertz CT molecular complexity index is 764. The van der Waals surface area contributed by atoms with Crippen LogP contribution in [0.15, 0.2) is 48.5 Å². The number of hydrogen-bond acceptors (Lipinski definition) is 5. The highest BCUT2D eigenvalue weighted by molar-refractivity contribution is 5.87. The fourth-order valence-electron chi connectivity index (χ4n) is 2.43. The lowest BCUT2D eigenvalue weighted by molar-refractivity contribution is -0.138. The zero-order chi connectivity index (χ0) is 18.2. The summed E-state index contributed by atoms with van der Waals surface area (Å²) in [6.07, 6.45) is 3.94. The summed E-state index contributed by atoms with van der Waals surface area (Å²) in [6, 6.07) is 13.3. The molecule has 0 bridgehead atoms. The van der Waals surface area contributed by atoms with Gasteiger partial charge in [-0.05, 0) is 42.8 Å². The van der Waals surface area contributed by atoms with Crippen LogP contribution in [0.25, 0.3) is 6.08 Å². The monoisotopic (exact) mass is 354 g/mol. The molecular weight excluding hydrogens is 332 g/mol. The van der Waals surface area contributed by atoms with Crippen molar-refractivity contribution in [3.8, 4) is 17.2 Å². The van der Waals surface area contributed by atoms with Gasteiger partial charge in [0, 0.05) is 12.5 Å². The van der Waals surface area contributed by atoms with E-state index < -0.39 is 5.97 Å². The number of carbonyl (C=O) groups excluding carboxylic acids is 1. The van der Waals surface area contributed by atoms with E-state index in [2.05, 4.69) is 0 Å². The fourth-order valence-corrected chi connectivity index (χ4v) is 2.43. The first-order chi connectivity index (χ1) is 12.7. The molecule has 1 aliphatic heterocycles. The van der Waals surface area contributed by atoms with Crippen molar-refractivity contribution in [1.82, 2.24) is 0 Å². The number of rotatable bonds is 6. The molecule has 0 aliphatic carbocycles. The topological polar surface area (TPSA) is 54.0 Å². The van der Waals surface area contributed by atoms with Gasteiger partial charge in [0.2, 0.25) is 0 Å². The molecule has 0 aromatic heterocycles. The minimum Gasteiger partial charge on any atom is -0.490 e. The molecule has 5 nitrogen and oxygen atoms in total. The maximum absolute atomic E-state index is 11.8. The Morgan fingerprint density at radius 3 is 2.62 bits per heavy atom. The number of carbonyl (C=O) groups is 1. The molecule has 0 fully saturated rings. The van der Waals surface area contributed by atoms with Crippen LogP contribution in [-0.4, -0.2) is 32.4 Å². The number of benzene rings is 2. The van der Waals surface area contributed by atoms with E-state index in [1.165, 1.54) is 11.6 Å². The summed E-state index contributed by atoms with van der Waals surface area (Å²) in [4.78, 5) is 11.8. The van der Waals surface area contributed by atoms with E-state index in [0.29, 0.717) is 25.6 Å². The molecule has 2 aromatic carbocycles. The van der Waals surface area contributed by atoms with Crippen LogP contribution in [0.1, 0.15) is 17.5 Å². The molecule has 0 atom stereocenters. The minimum atomic E-state index is -0.412. The first kappa shape index (κ1) is 17.9. The molecule has 2 aromatic rings. The second kappa shape index (κ2) is 8.94. The van der Waals surface area contributed by atoms with E-state index >= 15 is 0 Å². The van der Waals surface area contributed by atoms with Crippen molar-refractivity contribution in [3.63, 3.8) is 0 Å². The van der Waals surface area contributed by atoms with Crippen molar-refractivity contribution < 1.29 is 23.7 Å². The van der Waals surface area contributed by atoms with Gasteiger partial charge in [0.1, 0.15) is 19.0 Å². The van der Waals surface area contributed by atoms with Crippen molar-refractivity contribution >= 4 is 12.0 Å². The highest BCUT2D eigenvalue weighted by Crippen LogP contribution is 2.30. The Morgan fingerprint density at radius 1 is 1.04 bits per heavy atom. The van der Waals surface area contributed by atoms with E-state index in [1.807, 2.05) is 49.4 Å². The van der Waals surface area contributed by atoms with Gasteiger partial charge in [0.25, 0.3) is 0 Å². The van der Waals surface area contributed by atoms with E-state index in [9.17, 15) is 4.79 Å². The molecule has 0 amide bonds. The van der Waals surface area contributed by atoms with Crippen molar-refractivity contribution in [3.05, 3.63) is 59.7 Å². The van der Waals surface area contributed by atoms with Crippen LogP contribution < -0.4 is 14.2 Å². The molecule has 136 valence electrons. The molecule has 0 spiro atoms. The molecule has 0 saturated heterocycles. The summed E-state index contributed by atoms with van der Waals surface area (Å²) in [7, 11) is 0. The summed E-state index contributed by atoms with van der Waals surface area (Å²) in [6.45, 7) is 3.80.